The molecule has 0 saturated carbocycles. The number of halogens is 1. The maximum Gasteiger partial charge on any atom is 0.234 e. The van der Waals surface area contributed by atoms with Crippen LogP contribution in [0.1, 0.15) is 12.3 Å². The van der Waals surface area contributed by atoms with Gasteiger partial charge in [0.25, 0.3) is 0 Å². The maximum atomic E-state index is 11.5. The monoisotopic (exact) mass is 294 g/mol. The quantitative estimate of drug-likeness (QED) is 0.853. The second-order valence-electron chi connectivity index (χ2n) is 4.45. The van der Waals surface area contributed by atoms with Gasteiger partial charge < -0.3 is 4.52 Å². The van der Waals surface area contributed by atoms with Crippen molar-refractivity contribution in [2.45, 2.75) is 12.8 Å². The van der Waals surface area contributed by atoms with Crippen LogP contribution in [0.25, 0.3) is 11.4 Å². The molecule has 106 valence electrons. The number of carbonyl (C=O) groups is 1. The van der Waals surface area contributed by atoms with E-state index in [1.54, 1.807) is 31.2 Å². The number of nitrogens with zero attached hydrogens (tertiary/aromatic N) is 3. The van der Waals surface area contributed by atoms with Crippen molar-refractivity contribution in [3.8, 4) is 11.4 Å². The Morgan fingerprint density at radius 3 is 2.70 bits per heavy atom. The van der Waals surface area contributed by atoms with Crippen molar-refractivity contribution in [1.82, 2.24) is 20.6 Å². The van der Waals surface area contributed by atoms with Crippen molar-refractivity contribution >= 4 is 17.5 Å². The molecule has 0 saturated heterocycles. The van der Waals surface area contributed by atoms with Gasteiger partial charge in [-0.05, 0) is 24.3 Å². The third kappa shape index (κ3) is 4.04. The van der Waals surface area contributed by atoms with Crippen molar-refractivity contribution in [2.75, 3.05) is 14.1 Å². The second-order valence-corrected chi connectivity index (χ2v) is 4.88. The van der Waals surface area contributed by atoms with Crippen LogP contribution in [0.15, 0.2) is 28.8 Å². The summed E-state index contributed by atoms with van der Waals surface area (Å²) in [6.45, 7) is 0. The van der Waals surface area contributed by atoms with Crippen LogP contribution in [0.4, 0.5) is 0 Å². The minimum Gasteiger partial charge on any atom is -0.339 e. The molecule has 1 aromatic carbocycles. The Morgan fingerprint density at radius 1 is 1.35 bits per heavy atom. The summed E-state index contributed by atoms with van der Waals surface area (Å²) in [5, 5.41) is 6.13. The minimum atomic E-state index is -0.0961. The van der Waals surface area contributed by atoms with Crippen molar-refractivity contribution in [3.05, 3.63) is 35.2 Å². The third-order valence-electron chi connectivity index (χ3n) is 2.48. The van der Waals surface area contributed by atoms with Gasteiger partial charge >= 0.3 is 0 Å². The van der Waals surface area contributed by atoms with Crippen molar-refractivity contribution in [3.63, 3.8) is 0 Å². The molecule has 0 unspecified atom stereocenters. The standard InChI is InChI=1S/C13H15ClN4O2/c1-18(2)16-11(19)7-8-12-15-13(17-20-12)9-3-5-10(14)6-4-9/h3-6H,7-8H2,1-2H3,(H,16,19). The number of aromatic nitrogens is 2. The zero-order valence-electron chi connectivity index (χ0n) is 11.3. The highest BCUT2D eigenvalue weighted by atomic mass is 35.5. The molecule has 0 bridgehead atoms. The molecule has 6 nitrogen and oxygen atoms in total. The van der Waals surface area contributed by atoms with Crippen LogP contribution < -0.4 is 5.43 Å². The topological polar surface area (TPSA) is 71.3 Å². The fraction of sp³-hybridized carbons (Fsp3) is 0.308. The predicted molar refractivity (Wildman–Crippen MR) is 74.9 cm³/mol. The van der Waals surface area contributed by atoms with E-state index >= 15 is 0 Å². The first-order valence-corrected chi connectivity index (χ1v) is 6.48. The van der Waals surface area contributed by atoms with E-state index in [0.29, 0.717) is 29.6 Å². The summed E-state index contributed by atoms with van der Waals surface area (Å²) in [5.41, 5.74) is 3.47. The Labute approximate surface area is 121 Å². The number of amides is 1. The predicted octanol–water partition coefficient (Wildman–Crippen LogP) is 1.92. The molecule has 0 aliphatic heterocycles. The molecular weight excluding hydrogens is 280 g/mol. The third-order valence-corrected chi connectivity index (χ3v) is 2.74. The van der Waals surface area contributed by atoms with Gasteiger partial charge in [-0.25, -0.2) is 5.01 Å². The number of benzene rings is 1. The van der Waals surface area contributed by atoms with Crippen molar-refractivity contribution < 1.29 is 9.32 Å². The number of rotatable bonds is 5. The number of aryl methyl sites for hydroxylation is 1. The average molecular weight is 295 g/mol. The van der Waals surface area contributed by atoms with Crippen LogP contribution in [-0.2, 0) is 11.2 Å². The molecule has 2 rings (SSSR count). The van der Waals surface area contributed by atoms with Crippen LogP contribution in [0.2, 0.25) is 5.02 Å². The number of nitrogens with one attached hydrogen (secondary N) is 1. The zero-order valence-corrected chi connectivity index (χ0v) is 12.0. The van der Waals surface area contributed by atoms with Gasteiger partial charge in [0, 0.05) is 37.5 Å². The SMILES string of the molecule is CN(C)NC(=O)CCc1nc(-c2ccc(Cl)cc2)no1. The van der Waals surface area contributed by atoms with Crippen LogP contribution in [0, 0.1) is 0 Å². The van der Waals surface area contributed by atoms with Gasteiger partial charge in [-0.15, -0.1) is 0 Å². The van der Waals surface area contributed by atoms with E-state index in [0.717, 1.165) is 5.56 Å². The smallest absolute Gasteiger partial charge is 0.234 e. The summed E-state index contributed by atoms with van der Waals surface area (Å²) in [6, 6.07) is 7.15. The molecule has 1 amide bonds. The molecule has 1 N–H and O–H groups in total. The van der Waals surface area contributed by atoms with Gasteiger partial charge in [0.1, 0.15) is 0 Å². The lowest BCUT2D eigenvalue weighted by molar-refractivity contribution is -0.124. The van der Waals surface area contributed by atoms with E-state index in [1.807, 2.05) is 12.1 Å². The fourth-order valence-corrected chi connectivity index (χ4v) is 1.72. The first-order chi connectivity index (χ1) is 9.54. The Morgan fingerprint density at radius 2 is 2.05 bits per heavy atom. The molecule has 0 atom stereocenters. The first-order valence-electron chi connectivity index (χ1n) is 6.10. The van der Waals surface area contributed by atoms with E-state index in [4.69, 9.17) is 16.1 Å². The lowest BCUT2D eigenvalue weighted by Crippen LogP contribution is -2.36. The molecule has 1 aromatic heterocycles. The van der Waals surface area contributed by atoms with E-state index in [1.165, 1.54) is 0 Å². The number of hydrazine groups is 1. The highest BCUT2D eigenvalue weighted by molar-refractivity contribution is 6.30. The number of hydrogen-bond donors (Lipinski definition) is 1. The minimum absolute atomic E-state index is 0.0961. The van der Waals surface area contributed by atoms with Gasteiger partial charge in [-0.1, -0.05) is 16.8 Å². The molecule has 0 aliphatic rings. The van der Waals surface area contributed by atoms with Crippen LogP contribution in [0.5, 0.6) is 0 Å². The summed E-state index contributed by atoms with van der Waals surface area (Å²) >= 11 is 5.82. The molecule has 1 heterocycles. The Balaban J connectivity index is 1.95. The molecule has 0 fully saturated rings. The van der Waals surface area contributed by atoms with E-state index < -0.39 is 0 Å². The van der Waals surface area contributed by atoms with Crippen LogP contribution in [-0.4, -0.2) is 35.2 Å². The second kappa shape index (κ2) is 6.49. The Kier molecular flexibility index (Phi) is 4.70. The summed E-state index contributed by atoms with van der Waals surface area (Å²) < 4.78 is 5.12. The summed E-state index contributed by atoms with van der Waals surface area (Å²) in [4.78, 5) is 15.7. The first kappa shape index (κ1) is 14.5. The molecule has 7 heteroatoms. The molecule has 20 heavy (non-hydrogen) atoms. The van der Waals surface area contributed by atoms with Gasteiger partial charge in [0.05, 0.1) is 0 Å². The van der Waals surface area contributed by atoms with Crippen molar-refractivity contribution in [2.24, 2.45) is 0 Å². The highest BCUT2D eigenvalue weighted by Crippen LogP contribution is 2.18. The van der Waals surface area contributed by atoms with Gasteiger partial charge in [0.15, 0.2) is 0 Å². The highest BCUT2D eigenvalue weighted by Gasteiger charge is 2.10. The Hall–Kier alpha value is -1.92. The van der Waals surface area contributed by atoms with E-state index in [9.17, 15) is 4.79 Å². The van der Waals surface area contributed by atoms with E-state index in [-0.39, 0.29) is 5.91 Å². The van der Waals surface area contributed by atoms with Gasteiger partial charge in [0.2, 0.25) is 17.6 Å². The Bertz CT molecular complexity index is 580. The summed E-state index contributed by atoms with van der Waals surface area (Å²) in [7, 11) is 3.51. The van der Waals surface area contributed by atoms with Crippen LogP contribution >= 0.6 is 11.6 Å². The lowest BCUT2D eigenvalue weighted by Gasteiger charge is -2.10. The largest absolute Gasteiger partial charge is 0.339 e. The normalized spacial score (nSPS) is 10.8. The molecular formula is C13H15ClN4O2. The molecule has 0 aliphatic carbocycles. The lowest BCUT2D eigenvalue weighted by atomic mass is 10.2. The number of carbonyl (C=O) groups excluding carboxylic acids is 1. The molecule has 2 aromatic rings. The summed E-state index contributed by atoms with van der Waals surface area (Å²) in [5.74, 6) is 0.829. The fourth-order valence-electron chi connectivity index (χ4n) is 1.60. The maximum absolute atomic E-state index is 11.5. The van der Waals surface area contributed by atoms with E-state index in [2.05, 4.69) is 15.6 Å². The van der Waals surface area contributed by atoms with Crippen molar-refractivity contribution in [1.29, 1.82) is 0 Å². The summed E-state index contributed by atoms with van der Waals surface area (Å²) in [6.07, 6.45) is 0.695. The number of hydrogen-bond acceptors (Lipinski definition) is 5. The molecule has 0 spiro atoms. The zero-order chi connectivity index (χ0) is 14.5. The van der Waals surface area contributed by atoms with Gasteiger partial charge in [-0.3, -0.25) is 10.2 Å². The average Bonchev–Trinajstić information content (AvgIpc) is 2.85. The van der Waals surface area contributed by atoms with Gasteiger partial charge in [-0.2, -0.15) is 4.98 Å². The molecule has 0 radical (unpaired) electrons. The van der Waals surface area contributed by atoms with Crippen LogP contribution in [0.3, 0.4) is 0 Å².